The summed E-state index contributed by atoms with van der Waals surface area (Å²) >= 11 is 0. The molecule has 0 aromatic heterocycles. The molecule has 0 heterocycles. The van der Waals surface area contributed by atoms with Crippen LogP contribution in [0, 0.1) is 13.8 Å². The molecule has 0 aliphatic rings. The number of nitrogens with one attached hydrogen (secondary N) is 1. The third kappa shape index (κ3) is 2.97. The molecule has 1 nitrogen and oxygen atoms in total. The summed E-state index contributed by atoms with van der Waals surface area (Å²) in [6, 6.07) is 25.4. The van der Waals surface area contributed by atoms with E-state index in [9.17, 15) is 0 Å². The van der Waals surface area contributed by atoms with Gasteiger partial charge in [-0.2, -0.15) is 0 Å². The third-order valence-electron chi connectivity index (χ3n) is 3.69. The van der Waals surface area contributed by atoms with Gasteiger partial charge in [-0.15, -0.1) is 0 Å². The monoisotopic (exact) mass is 273 g/mol. The first kappa shape index (κ1) is 13.4. The molecule has 3 aromatic carbocycles. The molecular formula is C20H19N. The average Bonchev–Trinajstić information content (AvgIpc) is 2.51. The van der Waals surface area contributed by atoms with Gasteiger partial charge in [0.15, 0.2) is 0 Å². The van der Waals surface area contributed by atoms with Crippen molar-refractivity contribution in [3.05, 3.63) is 83.9 Å². The highest BCUT2D eigenvalue weighted by molar-refractivity contribution is 5.82. The van der Waals surface area contributed by atoms with Gasteiger partial charge < -0.3 is 5.32 Å². The minimum Gasteiger partial charge on any atom is -0.355 e. The first-order valence-corrected chi connectivity index (χ1v) is 7.23. The van der Waals surface area contributed by atoms with Gasteiger partial charge in [-0.25, -0.2) is 0 Å². The summed E-state index contributed by atoms with van der Waals surface area (Å²) in [6.45, 7) is 4.25. The number of benzene rings is 3. The normalized spacial score (nSPS) is 10.4. The fraction of sp³-hybridized carbons (Fsp3) is 0.100. The second-order valence-corrected chi connectivity index (χ2v) is 5.35. The number of hydrogen-bond donors (Lipinski definition) is 1. The molecule has 0 spiro atoms. The van der Waals surface area contributed by atoms with Crippen molar-refractivity contribution in [2.24, 2.45) is 0 Å². The van der Waals surface area contributed by atoms with Gasteiger partial charge in [0.1, 0.15) is 0 Å². The van der Waals surface area contributed by atoms with Gasteiger partial charge in [0, 0.05) is 16.9 Å². The third-order valence-corrected chi connectivity index (χ3v) is 3.69. The van der Waals surface area contributed by atoms with E-state index in [0.717, 1.165) is 11.4 Å². The zero-order chi connectivity index (χ0) is 14.7. The molecule has 0 aliphatic carbocycles. The number of hydrogen-bond acceptors (Lipinski definition) is 1. The quantitative estimate of drug-likeness (QED) is 0.644. The van der Waals surface area contributed by atoms with Crippen molar-refractivity contribution >= 4 is 11.4 Å². The van der Waals surface area contributed by atoms with Crippen molar-refractivity contribution in [1.82, 2.24) is 0 Å². The minimum absolute atomic E-state index is 1.11. The first-order valence-electron chi connectivity index (χ1n) is 7.23. The van der Waals surface area contributed by atoms with Crippen molar-refractivity contribution < 1.29 is 0 Å². The number of anilines is 2. The van der Waals surface area contributed by atoms with Crippen LogP contribution in [-0.2, 0) is 0 Å². The molecule has 0 bridgehead atoms. The molecule has 1 heteroatoms. The van der Waals surface area contributed by atoms with Gasteiger partial charge in [0.05, 0.1) is 0 Å². The van der Waals surface area contributed by atoms with E-state index in [1.807, 2.05) is 0 Å². The summed E-state index contributed by atoms with van der Waals surface area (Å²) in [4.78, 5) is 0. The molecular weight excluding hydrogens is 254 g/mol. The van der Waals surface area contributed by atoms with Crippen molar-refractivity contribution in [2.75, 3.05) is 5.32 Å². The Hall–Kier alpha value is -2.54. The van der Waals surface area contributed by atoms with Crippen molar-refractivity contribution in [2.45, 2.75) is 13.8 Å². The van der Waals surface area contributed by atoms with Crippen molar-refractivity contribution in [3.63, 3.8) is 0 Å². The van der Waals surface area contributed by atoms with E-state index in [4.69, 9.17) is 0 Å². The van der Waals surface area contributed by atoms with Crippen LogP contribution in [0.1, 0.15) is 11.1 Å². The lowest BCUT2D eigenvalue weighted by Crippen LogP contribution is -1.94. The van der Waals surface area contributed by atoms with Crippen LogP contribution in [0.4, 0.5) is 11.4 Å². The highest BCUT2D eigenvalue weighted by Gasteiger charge is 2.06. The first-order chi connectivity index (χ1) is 10.2. The lowest BCUT2D eigenvalue weighted by molar-refractivity contribution is 1.43. The predicted octanol–water partition coefficient (Wildman–Crippen LogP) is 5.71. The highest BCUT2D eigenvalue weighted by atomic mass is 14.9. The molecule has 104 valence electrons. The maximum absolute atomic E-state index is 3.53. The molecule has 0 amide bonds. The highest BCUT2D eigenvalue weighted by Crippen LogP contribution is 2.32. The zero-order valence-electron chi connectivity index (χ0n) is 12.4. The summed E-state index contributed by atoms with van der Waals surface area (Å²) in [5, 5.41) is 3.53. The number of aryl methyl sites for hydroxylation is 2. The van der Waals surface area contributed by atoms with Crippen LogP contribution in [0.25, 0.3) is 11.1 Å². The number of rotatable bonds is 3. The Bertz CT molecular complexity index is 742. The summed E-state index contributed by atoms with van der Waals surface area (Å²) < 4.78 is 0. The fourth-order valence-electron chi connectivity index (χ4n) is 2.49. The van der Waals surface area contributed by atoms with Crippen LogP contribution in [0.2, 0.25) is 0 Å². The van der Waals surface area contributed by atoms with Crippen molar-refractivity contribution in [1.29, 1.82) is 0 Å². The van der Waals surface area contributed by atoms with Crippen LogP contribution in [0.5, 0.6) is 0 Å². The Morgan fingerprint density at radius 3 is 1.95 bits per heavy atom. The van der Waals surface area contributed by atoms with E-state index in [0.29, 0.717) is 0 Å². The van der Waals surface area contributed by atoms with E-state index in [1.165, 1.54) is 22.3 Å². The minimum atomic E-state index is 1.11. The summed E-state index contributed by atoms with van der Waals surface area (Å²) in [5.41, 5.74) is 7.31. The van der Waals surface area contributed by atoms with Gasteiger partial charge >= 0.3 is 0 Å². The van der Waals surface area contributed by atoms with E-state index >= 15 is 0 Å². The summed E-state index contributed by atoms with van der Waals surface area (Å²) in [6.07, 6.45) is 0. The Balaban J connectivity index is 2.00. The van der Waals surface area contributed by atoms with Crippen LogP contribution >= 0.6 is 0 Å². The molecule has 0 unspecified atom stereocenters. The SMILES string of the molecule is Cc1ccc(Nc2ccccc2-c2ccccc2C)cc1. The Kier molecular flexibility index (Phi) is 3.74. The topological polar surface area (TPSA) is 12.0 Å². The van der Waals surface area contributed by atoms with Crippen LogP contribution in [-0.4, -0.2) is 0 Å². The van der Waals surface area contributed by atoms with E-state index in [-0.39, 0.29) is 0 Å². The second kappa shape index (κ2) is 5.84. The van der Waals surface area contributed by atoms with Crippen LogP contribution < -0.4 is 5.32 Å². The van der Waals surface area contributed by atoms with E-state index in [2.05, 4.69) is 92.0 Å². The van der Waals surface area contributed by atoms with E-state index < -0.39 is 0 Å². The Morgan fingerprint density at radius 1 is 0.619 bits per heavy atom. The smallest absolute Gasteiger partial charge is 0.0464 e. The standard InChI is InChI=1S/C20H19N/c1-15-11-13-17(14-12-15)21-20-10-6-5-9-19(20)18-8-4-3-7-16(18)2/h3-14,21H,1-2H3. The molecule has 0 aliphatic heterocycles. The number of para-hydroxylation sites is 1. The summed E-state index contributed by atoms with van der Waals surface area (Å²) in [5.74, 6) is 0. The molecule has 3 rings (SSSR count). The molecule has 3 aromatic rings. The average molecular weight is 273 g/mol. The predicted molar refractivity (Wildman–Crippen MR) is 91.1 cm³/mol. The molecule has 0 saturated heterocycles. The fourth-order valence-corrected chi connectivity index (χ4v) is 2.49. The molecule has 21 heavy (non-hydrogen) atoms. The lowest BCUT2D eigenvalue weighted by Gasteiger charge is -2.14. The Morgan fingerprint density at radius 2 is 1.24 bits per heavy atom. The Labute approximate surface area is 126 Å². The molecule has 0 fully saturated rings. The van der Waals surface area contributed by atoms with Gasteiger partial charge in [0.25, 0.3) is 0 Å². The van der Waals surface area contributed by atoms with Crippen LogP contribution in [0.3, 0.4) is 0 Å². The summed E-state index contributed by atoms with van der Waals surface area (Å²) in [7, 11) is 0. The maximum Gasteiger partial charge on any atom is 0.0464 e. The largest absolute Gasteiger partial charge is 0.355 e. The molecule has 0 radical (unpaired) electrons. The molecule has 1 N–H and O–H groups in total. The van der Waals surface area contributed by atoms with Crippen molar-refractivity contribution in [3.8, 4) is 11.1 Å². The lowest BCUT2D eigenvalue weighted by atomic mass is 9.99. The van der Waals surface area contributed by atoms with Gasteiger partial charge in [-0.1, -0.05) is 60.2 Å². The van der Waals surface area contributed by atoms with Gasteiger partial charge in [0.2, 0.25) is 0 Å². The van der Waals surface area contributed by atoms with Gasteiger partial charge in [-0.05, 0) is 43.2 Å². The van der Waals surface area contributed by atoms with E-state index in [1.54, 1.807) is 0 Å². The zero-order valence-corrected chi connectivity index (χ0v) is 12.4. The molecule has 0 saturated carbocycles. The second-order valence-electron chi connectivity index (χ2n) is 5.35. The maximum atomic E-state index is 3.53. The molecule has 0 atom stereocenters. The van der Waals surface area contributed by atoms with Gasteiger partial charge in [-0.3, -0.25) is 0 Å². The van der Waals surface area contributed by atoms with Crippen LogP contribution in [0.15, 0.2) is 72.8 Å².